The largest absolute Gasteiger partial charge is 0.409 e. The van der Waals surface area contributed by atoms with Gasteiger partial charge in [-0.1, -0.05) is 11.2 Å². The van der Waals surface area contributed by atoms with Crippen LogP contribution in [0, 0.1) is 0 Å². The summed E-state index contributed by atoms with van der Waals surface area (Å²) in [5, 5.41) is 14.2. The van der Waals surface area contributed by atoms with Crippen LogP contribution in [-0.4, -0.2) is 23.1 Å². The van der Waals surface area contributed by atoms with Crippen molar-refractivity contribution in [3.05, 3.63) is 23.9 Å². The lowest BCUT2D eigenvalue weighted by atomic mass is 10.1. The van der Waals surface area contributed by atoms with Crippen molar-refractivity contribution in [1.82, 2.24) is 4.98 Å². The zero-order valence-electron chi connectivity index (χ0n) is 8.77. The Bertz CT molecular complexity index is 338. The van der Waals surface area contributed by atoms with E-state index in [1.165, 1.54) is 0 Å². The van der Waals surface area contributed by atoms with Gasteiger partial charge in [0.25, 0.3) is 0 Å². The SMILES string of the molecule is CNc1cccc(CCC/C(N)=N\O)n1. The van der Waals surface area contributed by atoms with Gasteiger partial charge >= 0.3 is 0 Å². The van der Waals surface area contributed by atoms with E-state index in [-0.39, 0.29) is 5.84 Å². The van der Waals surface area contributed by atoms with E-state index < -0.39 is 0 Å². The first-order valence-electron chi connectivity index (χ1n) is 4.86. The maximum absolute atomic E-state index is 8.35. The molecule has 0 aromatic carbocycles. The summed E-state index contributed by atoms with van der Waals surface area (Å²) in [7, 11) is 1.84. The number of anilines is 1. The first-order chi connectivity index (χ1) is 7.26. The van der Waals surface area contributed by atoms with Crippen LogP contribution in [0.5, 0.6) is 0 Å². The lowest BCUT2D eigenvalue weighted by Gasteiger charge is -2.03. The van der Waals surface area contributed by atoms with E-state index in [9.17, 15) is 0 Å². The van der Waals surface area contributed by atoms with E-state index in [4.69, 9.17) is 10.9 Å². The van der Waals surface area contributed by atoms with E-state index >= 15 is 0 Å². The van der Waals surface area contributed by atoms with E-state index in [1.807, 2.05) is 25.2 Å². The number of hydrogen-bond donors (Lipinski definition) is 3. The Morgan fingerprint density at radius 2 is 2.40 bits per heavy atom. The maximum Gasteiger partial charge on any atom is 0.139 e. The molecule has 0 aliphatic heterocycles. The molecule has 0 radical (unpaired) electrons. The number of hydrogen-bond acceptors (Lipinski definition) is 4. The Balaban J connectivity index is 2.43. The number of nitrogens with one attached hydrogen (secondary N) is 1. The van der Waals surface area contributed by atoms with Gasteiger partial charge in [-0.2, -0.15) is 0 Å². The molecule has 0 atom stereocenters. The first kappa shape index (κ1) is 11.3. The molecule has 82 valence electrons. The van der Waals surface area contributed by atoms with Crippen molar-refractivity contribution in [2.45, 2.75) is 19.3 Å². The second kappa shape index (κ2) is 5.85. The normalized spacial score (nSPS) is 11.4. The molecule has 0 saturated heterocycles. The van der Waals surface area contributed by atoms with Crippen molar-refractivity contribution >= 4 is 11.7 Å². The van der Waals surface area contributed by atoms with Crippen molar-refractivity contribution < 1.29 is 5.21 Å². The summed E-state index contributed by atoms with van der Waals surface area (Å²) in [6.45, 7) is 0. The highest BCUT2D eigenvalue weighted by atomic mass is 16.4. The van der Waals surface area contributed by atoms with Crippen LogP contribution >= 0.6 is 0 Å². The molecule has 1 aromatic heterocycles. The minimum atomic E-state index is 0.264. The maximum atomic E-state index is 8.35. The fourth-order valence-corrected chi connectivity index (χ4v) is 1.26. The molecule has 1 aromatic rings. The standard InChI is InChI=1S/C10H16N4O/c1-12-10-7-3-5-8(13-10)4-2-6-9(11)14-15/h3,5,7,15H,2,4,6H2,1H3,(H2,11,14)(H,12,13). The summed E-state index contributed by atoms with van der Waals surface area (Å²) in [4.78, 5) is 4.36. The number of nitrogens with zero attached hydrogens (tertiary/aromatic N) is 2. The topological polar surface area (TPSA) is 83.5 Å². The van der Waals surface area contributed by atoms with Gasteiger partial charge in [-0.05, 0) is 25.0 Å². The number of nitrogens with two attached hydrogens (primary N) is 1. The third kappa shape index (κ3) is 3.84. The highest BCUT2D eigenvalue weighted by molar-refractivity contribution is 5.79. The molecule has 0 spiro atoms. The molecular weight excluding hydrogens is 192 g/mol. The molecule has 0 amide bonds. The highest BCUT2D eigenvalue weighted by Gasteiger charge is 1.98. The molecule has 15 heavy (non-hydrogen) atoms. The predicted molar refractivity (Wildman–Crippen MR) is 60.1 cm³/mol. The van der Waals surface area contributed by atoms with Crippen molar-refractivity contribution in [2.75, 3.05) is 12.4 Å². The van der Waals surface area contributed by atoms with Crippen LogP contribution in [0.25, 0.3) is 0 Å². The highest BCUT2D eigenvalue weighted by Crippen LogP contribution is 2.06. The molecule has 0 aliphatic rings. The van der Waals surface area contributed by atoms with Gasteiger partial charge in [-0.15, -0.1) is 0 Å². The fraction of sp³-hybridized carbons (Fsp3) is 0.400. The Morgan fingerprint density at radius 1 is 1.60 bits per heavy atom. The molecule has 5 heteroatoms. The lowest BCUT2D eigenvalue weighted by molar-refractivity contribution is 0.316. The smallest absolute Gasteiger partial charge is 0.139 e. The summed E-state index contributed by atoms with van der Waals surface area (Å²) >= 11 is 0. The summed E-state index contributed by atoms with van der Waals surface area (Å²) in [5.41, 5.74) is 6.37. The summed E-state index contributed by atoms with van der Waals surface area (Å²) in [5.74, 6) is 1.12. The average Bonchev–Trinajstić information content (AvgIpc) is 2.29. The van der Waals surface area contributed by atoms with Gasteiger partial charge in [-0.3, -0.25) is 0 Å². The third-order valence-electron chi connectivity index (χ3n) is 2.06. The van der Waals surface area contributed by atoms with E-state index in [0.29, 0.717) is 6.42 Å². The van der Waals surface area contributed by atoms with Crippen LogP contribution in [0.3, 0.4) is 0 Å². The molecule has 5 nitrogen and oxygen atoms in total. The van der Waals surface area contributed by atoms with E-state index in [0.717, 1.165) is 24.4 Å². The molecule has 0 aliphatic carbocycles. The van der Waals surface area contributed by atoms with Crippen molar-refractivity contribution in [2.24, 2.45) is 10.9 Å². The number of rotatable bonds is 5. The Labute approximate surface area is 89.0 Å². The lowest BCUT2D eigenvalue weighted by Crippen LogP contribution is -2.11. The van der Waals surface area contributed by atoms with Crippen molar-refractivity contribution in [3.63, 3.8) is 0 Å². The zero-order valence-corrected chi connectivity index (χ0v) is 8.77. The van der Waals surface area contributed by atoms with Crippen LogP contribution < -0.4 is 11.1 Å². The first-order valence-corrected chi connectivity index (χ1v) is 4.86. The zero-order chi connectivity index (χ0) is 11.1. The van der Waals surface area contributed by atoms with Crippen LogP contribution in [0.2, 0.25) is 0 Å². The quantitative estimate of drug-likeness (QED) is 0.294. The molecule has 1 rings (SSSR count). The van der Waals surface area contributed by atoms with Gasteiger partial charge in [0.15, 0.2) is 0 Å². The molecule has 4 N–H and O–H groups in total. The van der Waals surface area contributed by atoms with Crippen LogP contribution in [0.4, 0.5) is 5.82 Å². The molecule has 0 saturated carbocycles. The number of aryl methyl sites for hydroxylation is 1. The van der Waals surface area contributed by atoms with Crippen molar-refractivity contribution in [3.8, 4) is 0 Å². The van der Waals surface area contributed by atoms with Crippen molar-refractivity contribution in [1.29, 1.82) is 0 Å². The molecule has 0 unspecified atom stereocenters. The average molecular weight is 208 g/mol. The summed E-state index contributed by atoms with van der Waals surface area (Å²) in [6, 6.07) is 5.83. The molecule has 0 fully saturated rings. The summed E-state index contributed by atoms with van der Waals surface area (Å²) < 4.78 is 0. The van der Waals surface area contributed by atoms with E-state index in [1.54, 1.807) is 0 Å². The number of amidine groups is 1. The second-order valence-electron chi connectivity index (χ2n) is 3.21. The third-order valence-corrected chi connectivity index (χ3v) is 2.06. The van der Waals surface area contributed by atoms with Gasteiger partial charge in [0.05, 0.1) is 0 Å². The number of aromatic nitrogens is 1. The van der Waals surface area contributed by atoms with Gasteiger partial charge in [0.1, 0.15) is 11.7 Å². The molecular formula is C10H16N4O. The minimum Gasteiger partial charge on any atom is -0.409 e. The monoisotopic (exact) mass is 208 g/mol. The van der Waals surface area contributed by atoms with Crippen LogP contribution in [-0.2, 0) is 6.42 Å². The van der Waals surface area contributed by atoms with Gasteiger partial charge < -0.3 is 16.3 Å². The molecule has 1 heterocycles. The molecule has 0 bridgehead atoms. The Kier molecular flexibility index (Phi) is 4.40. The predicted octanol–water partition coefficient (Wildman–Crippen LogP) is 1.19. The van der Waals surface area contributed by atoms with Crippen LogP contribution in [0.15, 0.2) is 23.4 Å². The minimum absolute atomic E-state index is 0.264. The van der Waals surface area contributed by atoms with Crippen LogP contribution in [0.1, 0.15) is 18.5 Å². The summed E-state index contributed by atoms with van der Waals surface area (Å²) in [6.07, 6.45) is 2.24. The van der Waals surface area contributed by atoms with Gasteiger partial charge in [-0.25, -0.2) is 4.98 Å². The van der Waals surface area contributed by atoms with Gasteiger partial charge in [0, 0.05) is 19.2 Å². The Hall–Kier alpha value is -1.78. The van der Waals surface area contributed by atoms with E-state index in [2.05, 4.69) is 15.5 Å². The second-order valence-corrected chi connectivity index (χ2v) is 3.21. The fourth-order valence-electron chi connectivity index (χ4n) is 1.26. The number of oxime groups is 1. The number of pyridine rings is 1. The Morgan fingerprint density at radius 3 is 3.07 bits per heavy atom. The van der Waals surface area contributed by atoms with Gasteiger partial charge in [0.2, 0.25) is 0 Å².